The fraction of sp³-hybridized carbons (Fsp3) is 0.714. The van der Waals surface area contributed by atoms with E-state index in [0.29, 0.717) is 18.3 Å². The maximum Gasteiger partial charge on any atom is 0.125 e. The Bertz CT molecular complexity index is 199. The molecule has 0 saturated carbocycles. The van der Waals surface area contributed by atoms with Crippen LogP contribution in [0, 0.1) is 0 Å². The molecule has 48 valence electrons. The van der Waals surface area contributed by atoms with Gasteiger partial charge in [-0.2, -0.15) is 0 Å². The fourth-order valence-corrected chi connectivity index (χ4v) is 1.64. The van der Waals surface area contributed by atoms with Crippen LogP contribution in [0.3, 0.4) is 0 Å². The first kappa shape index (κ1) is 4.47. The van der Waals surface area contributed by atoms with Crippen molar-refractivity contribution in [3.05, 3.63) is 12.2 Å². The Balaban J connectivity index is 2.06. The standard InChI is InChI=1S/C7H8O2/c1-7-5(9-7)3-2-4-6(7)8-4/h2-6H,1H3/t4-,5+,6-,7+/m0/s1. The number of fused-ring (bicyclic) bond motifs is 3. The van der Waals surface area contributed by atoms with Gasteiger partial charge in [-0.1, -0.05) is 12.2 Å². The average molecular weight is 124 g/mol. The molecule has 0 amide bonds. The summed E-state index contributed by atoms with van der Waals surface area (Å²) in [4.78, 5) is 0. The molecule has 2 heterocycles. The SMILES string of the molecule is C[C@@]12O[C@@H]1C=C[C@@H]1O[C@@H]12. The molecule has 0 radical (unpaired) electrons. The van der Waals surface area contributed by atoms with E-state index in [1.165, 1.54) is 0 Å². The number of hydrogen-bond acceptors (Lipinski definition) is 2. The summed E-state index contributed by atoms with van der Waals surface area (Å²) in [6, 6.07) is 0. The van der Waals surface area contributed by atoms with Gasteiger partial charge in [0, 0.05) is 0 Å². The molecule has 0 aromatic rings. The van der Waals surface area contributed by atoms with Crippen LogP contribution in [0.2, 0.25) is 0 Å². The minimum absolute atomic E-state index is 0.0689. The topological polar surface area (TPSA) is 25.1 Å². The Morgan fingerprint density at radius 3 is 3.11 bits per heavy atom. The van der Waals surface area contributed by atoms with Crippen molar-refractivity contribution in [2.75, 3.05) is 0 Å². The Labute approximate surface area is 53.4 Å². The minimum Gasteiger partial charge on any atom is -0.362 e. The summed E-state index contributed by atoms with van der Waals surface area (Å²) in [5.74, 6) is 0. The summed E-state index contributed by atoms with van der Waals surface area (Å²) in [6.45, 7) is 2.12. The van der Waals surface area contributed by atoms with Crippen molar-refractivity contribution in [3.8, 4) is 0 Å². The lowest BCUT2D eigenvalue weighted by atomic mass is 9.96. The van der Waals surface area contributed by atoms with Gasteiger partial charge in [0.25, 0.3) is 0 Å². The minimum atomic E-state index is 0.0689. The molecule has 2 fully saturated rings. The Morgan fingerprint density at radius 2 is 2.33 bits per heavy atom. The van der Waals surface area contributed by atoms with E-state index in [1.807, 2.05) is 0 Å². The van der Waals surface area contributed by atoms with E-state index in [9.17, 15) is 0 Å². The molecule has 0 aromatic carbocycles. The van der Waals surface area contributed by atoms with Crippen molar-refractivity contribution in [1.82, 2.24) is 0 Å². The average Bonchev–Trinajstić information content (AvgIpc) is 2.52. The lowest BCUT2D eigenvalue weighted by Gasteiger charge is -1.99. The van der Waals surface area contributed by atoms with Gasteiger partial charge in [0.1, 0.15) is 23.9 Å². The Kier molecular flexibility index (Phi) is 0.485. The van der Waals surface area contributed by atoms with Crippen LogP contribution >= 0.6 is 0 Å². The van der Waals surface area contributed by atoms with Gasteiger partial charge < -0.3 is 9.47 Å². The summed E-state index contributed by atoms with van der Waals surface area (Å²) in [5, 5.41) is 0. The van der Waals surface area contributed by atoms with Crippen LogP contribution in [0.5, 0.6) is 0 Å². The molecule has 0 N–H and O–H groups in total. The molecule has 0 aromatic heterocycles. The van der Waals surface area contributed by atoms with Gasteiger partial charge >= 0.3 is 0 Å². The van der Waals surface area contributed by atoms with E-state index in [-0.39, 0.29) is 5.60 Å². The predicted octanol–water partition coefficient (Wildman–Crippen LogP) is 0.481. The van der Waals surface area contributed by atoms with Gasteiger partial charge in [0.05, 0.1) is 0 Å². The normalized spacial score (nSPS) is 66.6. The molecular formula is C7H8O2. The first-order valence-corrected chi connectivity index (χ1v) is 3.32. The van der Waals surface area contributed by atoms with Gasteiger partial charge in [-0.05, 0) is 6.92 Å². The van der Waals surface area contributed by atoms with Crippen molar-refractivity contribution >= 4 is 0 Å². The zero-order valence-corrected chi connectivity index (χ0v) is 5.20. The lowest BCUT2D eigenvalue weighted by molar-refractivity contribution is 0.248. The lowest BCUT2D eigenvalue weighted by Crippen LogP contribution is -2.21. The first-order valence-electron chi connectivity index (χ1n) is 3.32. The second-order valence-corrected chi connectivity index (χ2v) is 3.13. The number of rotatable bonds is 0. The highest BCUT2D eigenvalue weighted by atomic mass is 16.7. The van der Waals surface area contributed by atoms with E-state index < -0.39 is 0 Å². The molecule has 3 aliphatic rings. The van der Waals surface area contributed by atoms with E-state index >= 15 is 0 Å². The summed E-state index contributed by atoms with van der Waals surface area (Å²) >= 11 is 0. The highest BCUT2D eigenvalue weighted by molar-refractivity contribution is 5.29. The van der Waals surface area contributed by atoms with Gasteiger partial charge in [-0.3, -0.25) is 0 Å². The summed E-state index contributed by atoms with van der Waals surface area (Å²) in [5.41, 5.74) is 0.0689. The maximum absolute atomic E-state index is 5.41. The molecule has 2 aliphatic heterocycles. The van der Waals surface area contributed by atoms with E-state index in [0.717, 1.165) is 0 Å². The Hall–Kier alpha value is -0.340. The summed E-state index contributed by atoms with van der Waals surface area (Å²) in [6.07, 6.45) is 5.33. The van der Waals surface area contributed by atoms with Crippen LogP contribution in [-0.4, -0.2) is 23.9 Å². The number of hydrogen-bond donors (Lipinski definition) is 0. The van der Waals surface area contributed by atoms with Crippen LogP contribution < -0.4 is 0 Å². The molecule has 2 saturated heterocycles. The molecule has 2 nitrogen and oxygen atoms in total. The van der Waals surface area contributed by atoms with Crippen LogP contribution in [-0.2, 0) is 9.47 Å². The largest absolute Gasteiger partial charge is 0.362 e. The fourth-order valence-electron chi connectivity index (χ4n) is 1.64. The molecule has 0 spiro atoms. The van der Waals surface area contributed by atoms with Crippen LogP contribution in [0.25, 0.3) is 0 Å². The van der Waals surface area contributed by atoms with E-state index in [4.69, 9.17) is 9.47 Å². The molecular weight excluding hydrogens is 116 g/mol. The highest BCUT2D eigenvalue weighted by Crippen LogP contribution is 2.52. The molecule has 9 heavy (non-hydrogen) atoms. The smallest absolute Gasteiger partial charge is 0.125 e. The quantitative estimate of drug-likeness (QED) is 0.346. The molecule has 0 unspecified atom stereocenters. The second-order valence-electron chi connectivity index (χ2n) is 3.13. The third-order valence-electron chi connectivity index (χ3n) is 2.45. The van der Waals surface area contributed by atoms with Crippen LogP contribution in [0.4, 0.5) is 0 Å². The van der Waals surface area contributed by atoms with Gasteiger partial charge in [-0.15, -0.1) is 0 Å². The molecule has 3 rings (SSSR count). The Morgan fingerprint density at radius 1 is 1.44 bits per heavy atom. The maximum atomic E-state index is 5.41. The molecule has 2 heteroatoms. The number of ether oxygens (including phenoxy) is 2. The van der Waals surface area contributed by atoms with E-state index in [2.05, 4.69) is 19.1 Å². The van der Waals surface area contributed by atoms with Crippen LogP contribution in [0.1, 0.15) is 6.92 Å². The number of epoxide rings is 2. The van der Waals surface area contributed by atoms with Crippen molar-refractivity contribution < 1.29 is 9.47 Å². The monoisotopic (exact) mass is 124 g/mol. The zero-order chi connectivity index (χ0) is 6.06. The highest BCUT2D eigenvalue weighted by Gasteiger charge is 2.68. The van der Waals surface area contributed by atoms with Gasteiger partial charge in [-0.25, -0.2) is 0 Å². The predicted molar refractivity (Wildman–Crippen MR) is 31.1 cm³/mol. The summed E-state index contributed by atoms with van der Waals surface area (Å²) in [7, 11) is 0. The summed E-state index contributed by atoms with van der Waals surface area (Å²) < 4.78 is 10.7. The van der Waals surface area contributed by atoms with Crippen molar-refractivity contribution in [3.63, 3.8) is 0 Å². The molecule has 1 aliphatic carbocycles. The van der Waals surface area contributed by atoms with Crippen molar-refractivity contribution in [2.45, 2.75) is 30.8 Å². The molecule has 0 bridgehead atoms. The zero-order valence-electron chi connectivity index (χ0n) is 5.20. The first-order chi connectivity index (χ1) is 4.31. The third kappa shape index (κ3) is 0.373. The second kappa shape index (κ2) is 0.976. The van der Waals surface area contributed by atoms with Gasteiger partial charge in [0.15, 0.2) is 0 Å². The van der Waals surface area contributed by atoms with Crippen molar-refractivity contribution in [2.24, 2.45) is 0 Å². The van der Waals surface area contributed by atoms with Crippen molar-refractivity contribution in [1.29, 1.82) is 0 Å². The molecule has 4 atom stereocenters. The van der Waals surface area contributed by atoms with Gasteiger partial charge in [0.2, 0.25) is 0 Å². The third-order valence-corrected chi connectivity index (χ3v) is 2.45. The van der Waals surface area contributed by atoms with E-state index in [1.54, 1.807) is 0 Å². The van der Waals surface area contributed by atoms with Crippen LogP contribution in [0.15, 0.2) is 12.2 Å².